The molecular weight excluding hydrogens is 358 g/mol. The molecule has 2 rings (SSSR count). The number of thioether (sulfide) groups is 1. The fourth-order valence-electron chi connectivity index (χ4n) is 2.07. The maximum absolute atomic E-state index is 4.41. The Hall–Kier alpha value is -2.74. The molecule has 0 aliphatic carbocycles. The Balaban J connectivity index is 1.82. The third-order valence-corrected chi connectivity index (χ3v) is 4.37. The summed E-state index contributed by atoms with van der Waals surface area (Å²) in [6.45, 7) is 9.10. The highest BCUT2D eigenvalue weighted by Crippen LogP contribution is 2.12. The van der Waals surface area contributed by atoms with Crippen LogP contribution in [0, 0.1) is 5.92 Å². The van der Waals surface area contributed by atoms with Gasteiger partial charge in [0, 0.05) is 36.6 Å². The second-order valence-corrected chi connectivity index (χ2v) is 6.80. The summed E-state index contributed by atoms with van der Waals surface area (Å²) in [6, 6.07) is 5.73. The molecule has 2 aromatic heterocycles. The van der Waals surface area contributed by atoms with E-state index in [2.05, 4.69) is 49.2 Å². The van der Waals surface area contributed by atoms with E-state index in [0.717, 1.165) is 29.4 Å². The van der Waals surface area contributed by atoms with Gasteiger partial charge in [-0.3, -0.25) is 9.98 Å². The van der Waals surface area contributed by atoms with Gasteiger partial charge in [-0.2, -0.15) is 0 Å². The van der Waals surface area contributed by atoms with Crippen molar-refractivity contribution in [3.8, 4) is 0 Å². The predicted octanol–water partition coefficient (Wildman–Crippen LogP) is 3.24. The van der Waals surface area contributed by atoms with E-state index in [0.29, 0.717) is 17.7 Å². The fourth-order valence-corrected chi connectivity index (χ4v) is 2.39. The van der Waals surface area contributed by atoms with Crippen molar-refractivity contribution in [3.05, 3.63) is 54.5 Å². The van der Waals surface area contributed by atoms with Crippen molar-refractivity contribution >= 4 is 30.1 Å². The number of nitrogens with zero attached hydrogens (tertiary/aromatic N) is 5. The van der Waals surface area contributed by atoms with E-state index in [1.165, 1.54) is 0 Å². The summed E-state index contributed by atoms with van der Waals surface area (Å²) in [5.74, 6) is 1.59. The molecule has 1 atom stereocenters. The van der Waals surface area contributed by atoms with Crippen LogP contribution in [0.5, 0.6) is 0 Å². The average Bonchev–Trinajstić information content (AvgIpc) is 2.73. The van der Waals surface area contributed by atoms with E-state index in [1.807, 2.05) is 43.8 Å². The highest BCUT2D eigenvalue weighted by atomic mass is 32.2. The summed E-state index contributed by atoms with van der Waals surface area (Å²) in [5.41, 5.74) is 1.65. The van der Waals surface area contributed by atoms with Crippen molar-refractivity contribution in [1.82, 2.24) is 20.3 Å². The first-order valence-electron chi connectivity index (χ1n) is 8.59. The minimum Gasteiger partial charge on any atom is -0.368 e. The molecule has 8 heteroatoms. The normalized spacial score (nSPS) is 13.1. The number of nitrogens with one attached hydrogen (secondary N) is 2. The van der Waals surface area contributed by atoms with Crippen molar-refractivity contribution in [1.29, 1.82) is 0 Å². The minimum absolute atomic E-state index is 0.333. The van der Waals surface area contributed by atoms with Crippen molar-refractivity contribution in [2.75, 3.05) is 24.7 Å². The van der Waals surface area contributed by atoms with Crippen LogP contribution >= 0.6 is 11.8 Å². The van der Waals surface area contributed by atoms with Gasteiger partial charge >= 0.3 is 0 Å². The molecule has 7 nitrogen and oxygen atoms in total. The number of anilines is 1. The van der Waals surface area contributed by atoms with Gasteiger partial charge in [0.05, 0.1) is 17.6 Å². The summed E-state index contributed by atoms with van der Waals surface area (Å²) < 4.78 is 0. The Kier molecular flexibility index (Phi) is 8.44. The number of rotatable bonds is 10. The average molecular weight is 384 g/mol. The molecule has 0 aliphatic rings. The molecule has 0 aromatic carbocycles. The molecule has 2 N–H and O–H groups in total. The Morgan fingerprint density at radius 2 is 2.04 bits per heavy atom. The van der Waals surface area contributed by atoms with Gasteiger partial charge in [0.2, 0.25) is 5.95 Å². The topological polar surface area (TPSA) is 87.5 Å². The third kappa shape index (κ3) is 7.18. The monoisotopic (exact) mass is 383 g/mol. The molecular formula is C19H25N7S. The van der Waals surface area contributed by atoms with Crippen molar-refractivity contribution < 1.29 is 0 Å². The molecule has 0 spiro atoms. The summed E-state index contributed by atoms with van der Waals surface area (Å²) in [6.07, 6.45) is 9.04. The SMILES string of the molecule is C=N/C(=C\N=C(C)c1ccccn1)NCC(C)CNc1ncc(SC)cn1. The van der Waals surface area contributed by atoms with E-state index in [1.54, 1.807) is 24.2 Å². The van der Waals surface area contributed by atoms with E-state index < -0.39 is 0 Å². The molecule has 0 fully saturated rings. The number of pyridine rings is 1. The fraction of sp³-hybridized carbons (Fsp3) is 0.316. The molecule has 1 unspecified atom stereocenters. The van der Waals surface area contributed by atoms with Crippen molar-refractivity contribution in [3.63, 3.8) is 0 Å². The van der Waals surface area contributed by atoms with Gasteiger partial charge in [0.15, 0.2) is 0 Å². The van der Waals surface area contributed by atoms with Gasteiger partial charge in [-0.25, -0.2) is 15.0 Å². The van der Waals surface area contributed by atoms with Gasteiger partial charge < -0.3 is 10.6 Å². The molecule has 142 valence electrons. The number of hydrogen-bond acceptors (Lipinski definition) is 8. The van der Waals surface area contributed by atoms with Crippen molar-refractivity contribution in [2.24, 2.45) is 15.9 Å². The quantitative estimate of drug-likeness (QED) is 0.484. The van der Waals surface area contributed by atoms with Crippen LogP contribution in [0.4, 0.5) is 5.95 Å². The van der Waals surface area contributed by atoms with Crippen LogP contribution in [0.15, 0.2) is 63.7 Å². The van der Waals surface area contributed by atoms with Crippen LogP contribution in [0.1, 0.15) is 19.5 Å². The van der Waals surface area contributed by atoms with Gasteiger partial charge in [0.1, 0.15) is 5.82 Å². The zero-order valence-electron chi connectivity index (χ0n) is 15.9. The number of hydrogen-bond donors (Lipinski definition) is 2. The molecule has 2 aromatic rings. The summed E-state index contributed by atoms with van der Waals surface area (Å²) in [5, 5.41) is 6.49. The molecule has 0 saturated carbocycles. The van der Waals surface area contributed by atoms with Gasteiger partial charge in [-0.1, -0.05) is 13.0 Å². The van der Waals surface area contributed by atoms with Crippen LogP contribution in [0.25, 0.3) is 0 Å². The zero-order valence-corrected chi connectivity index (χ0v) is 16.7. The molecule has 27 heavy (non-hydrogen) atoms. The first-order valence-corrected chi connectivity index (χ1v) is 9.81. The van der Waals surface area contributed by atoms with Gasteiger partial charge in [-0.05, 0) is 37.9 Å². The number of aliphatic imine (C=N–C) groups is 2. The Morgan fingerprint density at radius 1 is 1.26 bits per heavy atom. The molecule has 0 aliphatic heterocycles. The van der Waals surface area contributed by atoms with Gasteiger partial charge in [-0.15, -0.1) is 11.8 Å². The van der Waals surface area contributed by atoms with E-state index >= 15 is 0 Å². The van der Waals surface area contributed by atoms with Crippen LogP contribution in [-0.4, -0.2) is 46.7 Å². The van der Waals surface area contributed by atoms with Crippen LogP contribution in [-0.2, 0) is 0 Å². The summed E-state index contributed by atoms with van der Waals surface area (Å²) >= 11 is 1.62. The summed E-state index contributed by atoms with van der Waals surface area (Å²) in [4.78, 5) is 22.3. The lowest BCUT2D eigenvalue weighted by Gasteiger charge is -2.14. The van der Waals surface area contributed by atoms with Crippen molar-refractivity contribution in [2.45, 2.75) is 18.7 Å². The van der Waals surface area contributed by atoms with E-state index in [-0.39, 0.29) is 0 Å². The third-order valence-electron chi connectivity index (χ3n) is 3.69. The Bertz CT molecular complexity index is 772. The summed E-state index contributed by atoms with van der Waals surface area (Å²) in [7, 11) is 0. The second-order valence-electron chi connectivity index (χ2n) is 5.92. The lowest BCUT2D eigenvalue weighted by Crippen LogP contribution is -2.25. The van der Waals surface area contributed by atoms with Crippen LogP contribution in [0.3, 0.4) is 0 Å². The van der Waals surface area contributed by atoms with Gasteiger partial charge in [0.25, 0.3) is 0 Å². The zero-order chi connectivity index (χ0) is 19.5. The van der Waals surface area contributed by atoms with E-state index in [4.69, 9.17) is 0 Å². The predicted molar refractivity (Wildman–Crippen MR) is 114 cm³/mol. The highest BCUT2D eigenvalue weighted by Gasteiger charge is 2.04. The smallest absolute Gasteiger partial charge is 0.222 e. The maximum atomic E-state index is 4.41. The molecule has 0 bridgehead atoms. The van der Waals surface area contributed by atoms with Crippen LogP contribution < -0.4 is 10.6 Å². The number of aromatic nitrogens is 3. The lowest BCUT2D eigenvalue weighted by molar-refractivity contribution is 0.567. The first kappa shape index (κ1) is 20.6. The standard InChI is InChI=1S/C19H25N7S/c1-14(10-24-19-25-11-16(27-4)12-26-19)9-23-18(20-3)13-22-15(2)17-7-5-6-8-21-17/h5-8,11-14,23H,3,9-10H2,1-2,4H3,(H,24,25,26)/b18-13+,22-15?. The molecule has 0 radical (unpaired) electrons. The van der Waals surface area contributed by atoms with Crippen LogP contribution in [0.2, 0.25) is 0 Å². The molecule has 0 saturated heterocycles. The Morgan fingerprint density at radius 3 is 2.67 bits per heavy atom. The lowest BCUT2D eigenvalue weighted by atomic mass is 10.2. The minimum atomic E-state index is 0.333. The Labute approximate surface area is 164 Å². The largest absolute Gasteiger partial charge is 0.368 e. The molecule has 0 amide bonds. The molecule has 2 heterocycles. The second kappa shape index (κ2) is 11.1. The first-order chi connectivity index (χ1) is 13.1. The highest BCUT2D eigenvalue weighted by molar-refractivity contribution is 7.98. The maximum Gasteiger partial charge on any atom is 0.222 e. The van der Waals surface area contributed by atoms with E-state index in [9.17, 15) is 0 Å².